The first-order valence-electron chi connectivity index (χ1n) is 10.6. The van der Waals surface area contributed by atoms with Gasteiger partial charge in [-0.25, -0.2) is 4.39 Å². The standard InChI is InChI=1S/C26H26FN3O3/c1-26(2)12-19-24(20(31)13-26)23(15-9-10-21(32-3)22(11-15)33-4)16(14-28)25(29)30(19)18-8-6-5-7-17(18)27/h5-11,23H,12-13,29H2,1-4H3/t23-/m0/s1. The minimum absolute atomic E-state index is 0.0809. The third-order valence-electron chi connectivity index (χ3n) is 6.22. The monoisotopic (exact) mass is 447 g/mol. The summed E-state index contributed by atoms with van der Waals surface area (Å²) in [7, 11) is 3.06. The second-order valence-corrected chi connectivity index (χ2v) is 9.05. The van der Waals surface area contributed by atoms with Crippen molar-refractivity contribution in [1.29, 1.82) is 5.26 Å². The Labute approximate surface area is 192 Å². The summed E-state index contributed by atoms with van der Waals surface area (Å²) in [5, 5.41) is 10.1. The number of nitriles is 1. The van der Waals surface area contributed by atoms with Crippen molar-refractivity contribution in [3.8, 4) is 17.6 Å². The Morgan fingerprint density at radius 2 is 1.82 bits per heavy atom. The molecule has 0 aromatic heterocycles. The van der Waals surface area contributed by atoms with Gasteiger partial charge in [-0.3, -0.25) is 9.69 Å². The van der Waals surface area contributed by atoms with Gasteiger partial charge in [0.1, 0.15) is 11.6 Å². The predicted octanol–water partition coefficient (Wildman–Crippen LogP) is 4.78. The van der Waals surface area contributed by atoms with Crippen molar-refractivity contribution >= 4 is 11.5 Å². The van der Waals surface area contributed by atoms with E-state index in [4.69, 9.17) is 15.2 Å². The fourth-order valence-corrected chi connectivity index (χ4v) is 4.78. The molecule has 0 radical (unpaired) electrons. The number of para-hydroxylation sites is 1. The van der Waals surface area contributed by atoms with Crippen LogP contribution in [0.2, 0.25) is 0 Å². The number of nitrogens with zero attached hydrogens (tertiary/aromatic N) is 2. The van der Waals surface area contributed by atoms with Crippen LogP contribution in [-0.4, -0.2) is 20.0 Å². The van der Waals surface area contributed by atoms with Crippen LogP contribution in [0.4, 0.5) is 10.1 Å². The molecule has 0 fully saturated rings. The number of hydrogen-bond acceptors (Lipinski definition) is 6. The molecule has 4 rings (SSSR count). The lowest BCUT2D eigenvalue weighted by Gasteiger charge is -2.43. The topological polar surface area (TPSA) is 88.6 Å². The van der Waals surface area contributed by atoms with E-state index >= 15 is 0 Å². The molecule has 2 aromatic carbocycles. The molecule has 2 aromatic rings. The van der Waals surface area contributed by atoms with E-state index in [-0.39, 0.29) is 28.3 Å². The van der Waals surface area contributed by atoms with E-state index in [2.05, 4.69) is 6.07 Å². The molecule has 0 saturated carbocycles. The molecule has 2 N–H and O–H groups in total. The number of allylic oxidation sites excluding steroid dienone is 3. The van der Waals surface area contributed by atoms with Crippen molar-refractivity contribution in [2.75, 3.05) is 19.1 Å². The molecular weight excluding hydrogens is 421 g/mol. The molecule has 1 atom stereocenters. The zero-order valence-corrected chi connectivity index (χ0v) is 19.1. The summed E-state index contributed by atoms with van der Waals surface area (Å²) in [4.78, 5) is 15.1. The van der Waals surface area contributed by atoms with Crippen molar-refractivity contribution in [1.82, 2.24) is 0 Å². The van der Waals surface area contributed by atoms with Gasteiger partial charge >= 0.3 is 0 Å². The van der Waals surface area contributed by atoms with E-state index in [0.29, 0.717) is 41.2 Å². The Morgan fingerprint density at radius 1 is 1.12 bits per heavy atom. The van der Waals surface area contributed by atoms with Crippen molar-refractivity contribution in [3.05, 3.63) is 76.5 Å². The second-order valence-electron chi connectivity index (χ2n) is 9.05. The third-order valence-corrected chi connectivity index (χ3v) is 6.22. The molecule has 0 bridgehead atoms. The van der Waals surface area contributed by atoms with Crippen molar-refractivity contribution in [2.24, 2.45) is 11.1 Å². The van der Waals surface area contributed by atoms with Crippen LogP contribution in [0.5, 0.6) is 11.5 Å². The Kier molecular flexibility index (Phi) is 5.62. The Bertz CT molecular complexity index is 1240. The number of anilines is 1. The maximum Gasteiger partial charge on any atom is 0.162 e. The van der Waals surface area contributed by atoms with E-state index in [1.54, 1.807) is 41.3 Å². The first kappa shape index (κ1) is 22.4. The van der Waals surface area contributed by atoms with Gasteiger partial charge in [0.15, 0.2) is 17.3 Å². The number of halogens is 1. The molecule has 0 spiro atoms. The minimum atomic E-state index is -0.684. The van der Waals surface area contributed by atoms with Crippen LogP contribution < -0.4 is 20.1 Å². The number of rotatable bonds is 4. The van der Waals surface area contributed by atoms with Crippen LogP contribution in [0.25, 0.3) is 0 Å². The van der Waals surface area contributed by atoms with E-state index in [9.17, 15) is 14.4 Å². The van der Waals surface area contributed by atoms with Gasteiger partial charge in [0, 0.05) is 17.7 Å². The first-order valence-corrected chi connectivity index (χ1v) is 10.6. The summed E-state index contributed by atoms with van der Waals surface area (Å²) >= 11 is 0. The molecule has 33 heavy (non-hydrogen) atoms. The van der Waals surface area contributed by atoms with E-state index in [1.165, 1.54) is 20.3 Å². The lowest BCUT2D eigenvalue weighted by molar-refractivity contribution is -0.118. The van der Waals surface area contributed by atoms with Gasteiger partial charge in [-0.15, -0.1) is 0 Å². The van der Waals surface area contributed by atoms with Crippen LogP contribution in [0.15, 0.2) is 65.1 Å². The number of carbonyl (C=O) groups excluding carboxylic acids is 1. The number of carbonyl (C=O) groups is 1. The average Bonchev–Trinajstić information content (AvgIpc) is 2.78. The van der Waals surface area contributed by atoms with E-state index < -0.39 is 11.7 Å². The fourth-order valence-electron chi connectivity index (χ4n) is 4.78. The minimum Gasteiger partial charge on any atom is -0.493 e. The van der Waals surface area contributed by atoms with Crippen LogP contribution in [0.3, 0.4) is 0 Å². The number of hydrogen-bond donors (Lipinski definition) is 1. The number of Topliss-reactive ketones (excluding diaryl/α,β-unsaturated/α-hetero) is 1. The Balaban J connectivity index is 2.01. The molecule has 2 aliphatic rings. The van der Waals surface area contributed by atoms with Gasteiger partial charge < -0.3 is 15.2 Å². The number of ether oxygens (including phenoxy) is 2. The van der Waals surface area contributed by atoms with Gasteiger partial charge in [0.2, 0.25) is 0 Å². The van der Waals surface area contributed by atoms with Crippen molar-refractivity contribution in [2.45, 2.75) is 32.6 Å². The summed E-state index contributed by atoms with van der Waals surface area (Å²) in [6.07, 6.45) is 0.824. The lowest BCUT2D eigenvalue weighted by atomic mass is 9.68. The highest BCUT2D eigenvalue weighted by atomic mass is 19.1. The number of ketones is 1. The molecule has 6 nitrogen and oxygen atoms in total. The molecule has 170 valence electrons. The number of benzene rings is 2. The highest BCUT2D eigenvalue weighted by Gasteiger charge is 2.45. The molecular formula is C26H26FN3O3. The van der Waals surface area contributed by atoms with Gasteiger partial charge in [-0.05, 0) is 41.7 Å². The summed E-state index contributed by atoms with van der Waals surface area (Å²) in [5.74, 6) is -0.116. The number of nitrogens with two attached hydrogens (primary N) is 1. The van der Waals surface area contributed by atoms with Gasteiger partial charge in [-0.1, -0.05) is 32.0 Å². The molecule has 1 aliphatic heterocycles. The van der Waals surface area contributed by atoms with Crippen LogP contribution in [0, 0.1) is 22.6 Å². The Hall–Kier alpha value is -3.79. The van der Waals surface area contributed by atoms with Crippen molar-refractivity contribution < 1.29 is 18.7 Å². The zero-order chi connectivity index (χ0) is 23.9. The first-order chi connectivity index (χ1) is 15.7. The molecule has 0 amide bonds. The van der Waals surface area contributed by atoms with Gasteiger partial charge in [0.25, 0.3) is 0 Å². The molecule has 1 heterocycles. The summed E-state index contributed by atoms with van der Waals surface area (Å²) in [6.45, 7) is 4.00. The summed E-state index contributed by atoms with van der Waals surface area (Å²) in [5.41, 5.74) is 8.38. The van der Waals surface area contributed by atoms with Crippen LogP contribution in [0.1, 0.15) is 38.2 Å². The maximum absolute atomic E-state index is 14.9. The van der Waals surface area contributed by atoms with Crippen LogP contribution in [-0.2, 0) is 4.79 Å². The highest BCUT2D eigenvalue weighted by molar-refractivity contribution is 6.01. The highest BCUT2D eigenvalue weighted by Crippen LogP contribution is 2.51. The van der Waals surface area contributed by atoms with E-state index in [0.717, 1.165) is 0 Å². The van der Waals surface area contributed by atoms with Crippen LogP contribution >= 0.6 is 0 Å². The quantitative estimate of drug-likeness (QED) is 0.725. The number of methoxy groups -OCH3 is 2. The molecule has 0 unspecified atom stereocenters. The smallest absolute Gasteiger partial charge is 0.162 e. The maximum atomic E-state index is 14.9. The molecule has 1 aliphatic carbocycles. The molecule has 0 saturated heterocycles. The second kappa shape index (κ2) is 8.28. The summed E-state index contributed by atoms with van der Waals surface area (Å²) in [6, 6.07) is 13.7. The van der Waals surface area contributed by atoms with Gasteiger partial charge in [-0.2, -0.15) is 5.26 Å². The SMILES string of the molecule is COc1ccc([C@H]2C(C#N)=C(N)N(c3ccccc3F)C3=C2C(=O)CC(C)(C)C3)cc1OC. The fraction of sp³-hybridized carbons (Fsp3) is 0.308. The normalized spacial score (nSPS) is 19.8. The summed E-state index contributed by atoms with van der Waals surface area (Å²) < 4.78 is 25.7. The van der Waals surface area contributed by atoms with Gasteiger partial charge in [0.05, 0.1) is 37.5 Å². The van der Waals surface area contributed by atoms with Crippen molar-refractivity contribution in [3.63, 3.8) is 0 Å². The van der Waals surface area contributed by atoms with E-state index in [1.807, 2.05) is 13.8 Å². The Morgan fingerprint density at radius 3 is 2.45 bits per heavy atom. The lowest BCUT2D eigenvalue weighted by Crippen LogP contribution is -2.42. The largest absolute Gasteiger partial charge is 0.493 e. The zero-order valence-electron chi connectivity index (χ0n) is 19.1. The third kappa shape index (κ3) is 3.72. The molecule has 7 heteroatoms. The average molecular weight is 448 g/mol. The predicted molar refractivity (Wildman–Crippen MR) is 123 cm³/mol.